The van der Waals surface area contributed by atoms with Gasteiger partial charge in [-0.3, -0.25) is 4.79 Å². The van der Waals surface area contributed by atoms with Gasteiger partial charge >= 0.3 is 5.97 Å². The summed E-state index contributed by atoms with van der Waals surface area (Å²) in [6.45, 7) is 1.74. The standard InChI is InChI=1S/C7H9N3O2/c1-4-2-5(3-6(11)12)10-7(8)9-4/h2H,3H2,1H3,(H,11,12)(H2,8,9,10). The van der Waals surface area contributed by atoms with Crippen LogP contribution < -0.4 is 5.73 Å². The van der Waals surface area contributed by atoms with Crippen LogP contribution in [0, 0.1) is 6.92 Å². The maximum Gasteiger partial charge on any atom is 0.309 e. The summed E-state index contributed by atoms with van der Waals surface area (Å²) in [7, 11) is 0. The predicted octanol–water partition coefficient (Wildman–Crippen LogP) is -0.00568. The van der Waals surface area contributed by atoms with Crippen LogP contribution in [-0.2, 0) is 11.2 Å². The third kappa shape index (κ3) is 2.19. The molecule has 64 valence electrons. The van der Waals surface area contributed by atoms with E-state index >= 15 is 0 Å². The van der Waals surface area contributed by atoms with Crippen molar-refractivity contribution in [1.29, 1.82) is 0 Å². The number of nitrogens with zero attached hydrogens (tertiary/aromatic N) is 2. The molecule has 1 aromatic rings. The number of hydrogen-bond acceptors (Lipinski definition) is 4. The van der Waals surface area contributed by atoms with Gasteiger partial charge in [-0.15, -0.1) is 0 Å². The summed E-state index contributed by atoms with van der Waals surface area (Å²) in [6, 6.07) is 1.60. The fourth-order valence-corrected chi connectivity index (χ4v) is 0.904. The predicted molar refractivity (Wildman–Crippen MR) is 42.5 cm³/mol. The van der Waals surface area contributed by atoms with Crippen LogP contribution in [0.4, 0.5) is 5.95 Å². The molecule has 0 amide bonds. The SMILES string of the molecule is Cc1cc(CC(=O)O)nc(N)n1. The van der Waals surface area contributed by atoms with Gasteiger partial charge in [0.1, 0.15) is 0 Å². The molecular formula is C7H9N3O2. The molecule has 0 spiro atoms. The Balaban J connectivity index is 2.93. The van der Waals surface area contributed by atoms with E-state index in [4.69, 9.17) is 10.8 Å². The van der Waals surface area contributed by atoms with Crippen molar-refractivity contribution in [3.8, 4) is 0 Å². The fourth-order valence-electron chi connectivity index (χ4n) is 0.904. The minimum Gasteiger partial charge on any atom is -0.481 e. The zero-order valence-electron chi connectivity index (χ0n) is 6.61. The Kier molecular flexibility index (Phi) is 2.23. The second-order valence-corrected chi connectivity index (χ2v) is 2.43. The van der Waals surface area contributed by atoms with E-state index < -0.39 is 5.97 Å². The zero-order valence-corrected chi connectivity index (χ0v) is 6.61. The summed E-state index contributed by atoms with van der Waals surface area (Å²) in [5, 5.41) is 8.45. The van der Waals surface area contributed by atoms with Gasteiger partial charge in [0.2, 0.25) is 5.95 Å². The van der Waals surface area contributed by atoms with Crippen molar-refractivity contribution in [2.24, 2.45) is 0 Å². The molecule has 0 saturated heterocycles. The van der Waals surface area contributed by atoms with Gasteiger partial charge in [-0.2, -0.15) is 0 Å². The molecule has 0 aliphatic rings. The second kappa shape index (κ2) is 3.17. The lowest BCUT2D eigenvalue weighted by Crippen LogP contribution is -2.06. The molecular weight excluding hydrogens is 158 g/mol. The molecule has 0 radical (unpaired) electrons. The van der Waals surface area contributed by atoms with E-state index in [1.807, 2.05) is 0 Å². The summed E-state index contributed by atoms with van der Waals surface area (Å²) < 4.78 is 0. The molecule has 5 nitrogen and oxygen atoms in total. The first-order valence-electron chi connectivity index (χ1n) is 3.40. The van der Waals surface area contributed by atoms with E-state index in [0.717, 1.165) is 0 Å². The lowest BCUT2D eigenvalue weighted by Gasteiger charge is -1.99. The van der Waals surface area contributed by atoms with E-state index in [0.29, 0.717) is 11.4 Å². The van der Waals surface area contributed by atoms with Crippen LogP contribution in [-0.4, -0.2) is 21.0 Å². The van der Waals surface area contributed by atoms with Gasteiger partial charge in [0, 0.05) is 5.69 Å². The van der Waals surface area contributed by atoms with Crippen molar-refractivity contribution >= 4 is 11.9 Å². The average Bonchev–Trinajstić information content (AvgIpc) is 1.81. The van der Waals surface area contributed by atoms with Crippen LogP contribution in [0.5, 0.6) is 0 Å². The molecule has 1 aromatic heterocycles. The molecule has 0 bridgehead atoms. The average molecular weight is 167 g/mol. The quantitative estimate of drug-likeness (QED) is 0.646. The zero-order chi connectivity index (χ0) is 9.14. The molecule has 1 rings (SSSR count). The largest absolute Gasteiger partial charge is 0.481 e. The second-order valence-electron chi connectivity index (χ2n) is 2.43. The topological polar surface area (TPSA) is 89.1 Å². The Labute approximate surface area is 69.3 Å². The monoisotopic (exact) mass is 167 g/mol. The number of carbonyl (C=O) groups is 1. The van der Waals surface area contributed by atoms with E-state index in [1.165, 1.54) is 0 Å². The van der Waals surface area contributed by atoms with Gasteiger partial charge < -0.3 is 10.8 Å². The van der Waals surface area contributed by atoms with Crippen LogP contribution in [0.1, 0.15) is 11.4 Å². The minimum absolute atomic E-state index is 0.117. The van der Waals surface area contributed by atoms with Crippen molar-refractivity contribution in [3.05, 3.63) is 17.5 Å². The first-order chi connectivity index (χ1) is 5.58. The number of aromatic nitrogens is 2. The van der Waals surface area contributed by atoms with Gasteiger partial charge in [0.15, 0.2) is 0 Å². The molecule has 0 unspecified atom stereocenters. The molecule has 0 atom stereocenters. The maximum absolute atomic E-state index is 10.3. The van der Waals surface area contributed by atoms with E-state index in [9.17, 15) is 4.79 Å². The van der Waals surface area contributed by atoms with Gasteiger partial charge in [-0.25, -0.2) is 9.97 Å². The molecule has 0 saturated carbocycles. The summed E-state index contributed by atoms with van der Waals surface area (Å²) in [4.78, 5) is 17.9. The number of carboxylic acids is 1. The Morgan fingerprint density at radius 2 is 2.33 bits per heavy atom. The Bertz CT molecular complexity index is 291. The minimum atomic E-state index is -0.924. The summed E-state index contributed by atoms with van der Waals surface area (Å²) >= 11 is 0. The molecule has 0 aromatic carbocycles. The number of rotatable bonds is 2. The van der Waals surface area contributed by atoms with E-state index in [-0.39, 0.29) is 12.4 Å². The van der Waals surface area contributed by atoms with Crippen molar-refractivity contribution in [2.75, 3.05) is 5.73 Å². The molecule has 5 heteroatoms. The van der Waals surface area contributed by atoms with Gasteiger partial charge in [0.05, 0.1) is 12.1 Å². The number of aryl methyl sites for hydroxylation is 1. The number of hydrogen-bond donors (Lipinski definition) is 2. The van der Waals surface area contributed by atoms with Crippen molar-refractivity contribution in [3.63, 3.8) is 0 Å². The first-order valence-corrected chi connectivity index (χ1v) is 3.40. The van der Waals surface area contributed by atoms with Crippen molar-refractivity contribution in [2.45, 2.75) is 13.3 Å². The summed E-state index contributed by atoms with van der Waals surface area (Å²) in [5.74, 6) is -0.807. The summed E-state index contributed by atoms with van der Waals surface area (Å²) in [6.07, 6.45) is -0.118. The van der Waals surface area contributed by atoms with Crippen molar-refractivity contribution < 1.29 is 9.90 Å². The third-order valence-corrected chi connectivity index (χ3v) is 1.26. The van der Waals surface area contributed by atoms with Gasteiger partial charge in [-0.1, -0.05) is 0 Å². The Morgan fingerprint density at radius 1 is 1.67 bits per heavy atom. The van der Waals surface area contributed by atoms with Gasteiger partial charge in [-0.05, 0) is 13.0 Å². The molecule has 3 N–H and O–H groups in total. The van der Waals surface area contributed by atoms with Crippen molar-refractivity contribution in [1.82, 2.24) is 9.97 Å². The number of carboxylic acid groups (broad SMARTS) is 1. The number of anilines is 1. The van der Waals surface area contributed by atoms with Crippen LogP contribution >= 0.6 is 0 Å². The number of nitrogen functional groups attached to an aromatic ring is 1. The lowest BCUT2D eigenvalue weighted by atomic mass is 10.2. The van der Waals surface area contributed by atoms with Crippen LogP contribution in [0.25, 0.3) is 0 Å². The van der Waals surface area contributed by atoms with Crippen LogP contribution in [0.3, 0.4) is 0 Å². The number of aliphatic carboxylic acids is 1. The molecule has 0 fully saturated rings. The van der Waals surface area contributed by atoms with Crippen LogP contribution in [0.2, 0.25) is 0 Å². The Hall–Kier alpha value is -1.65. The molecule has 0 aliphatic carbocycles. The van der Waals surface area contributed by atoms with E-state index in [2.05, 4.69) is 9.97 Å². The summed E-state index contributed by atoms with van der Waals surface area (Å²) in [5.41, 5.74) is 6.44. The highest BCUT2D eigenvalue weighted by atomic mass is 16.4. The number of nitrogens with two attached hydrogens (primary N) is 1. The molecule has 1 heterocycles. The maximum atomic E-state index is 10.3. The molecule has 12 heavy (non-hydrogen) atoms. The van der Waals surface area contributed by atoms with E-state index in [1.54, 1.807) is 13.0 Å². The third-order valence-electron chi connectivity index (χ3n) is 1.26. The normalized spacial score (nSPS) is 9.75. The highest BCUT2D eigenvalue weighted by Crippen LogP contribution is 2.02. The van der Waals surface area contributed by atoms with Crippen LogP contribution in [0.15, 0.2) is 6.07 Å². The van der Waals surface area contributed by atoms with Gasteiger partial charge in [0.25, 0.3) is 0 Å². The highest BCUT2D eigenvalue weighted by molar-refractivity contribution is 5.69. The molecule has 0 aliphatic heterocycles. The fraction of sp³-hybridized carbons (Fsp3) is 0.286. The first kappa shape index (κ1) is 8.45. The lowest BCUT2D eigenvalue weighted by molar-refractivity contribution is -0.136. The Morgan fingerprint density at radius 3 is 2.83 bits per heavy atom. The smallest absolute Gasteiger partial charge is 0.309 e. The highest BCUT2D eigenvalue weighted by Gasteiger charge is 2.03.